The smallest absolute Gasteiger partial charge is 0.183 e. The second kappa shape index (κ2) is 6.17. The molecule has 0 bridgehead atoms. The van der Waals surface area contributed by atoms with Gasteiger partial charge >= 0.3 is 0 Å². The molecule has 1 atom stereocenters. The number of ether oxygens (including phenoxy) is 1. The Morgan fingerprint density at radius 1 is 1.37 bits per heavy atom. The van der Waals surface area contributed by atoms with Crippen LogP contribution in [0.4, 0.5) is 5.13 Å². The van der Waals surface area contributed by atoms with Crippen molar-refractivity contribution < 1.29 is 4.74 Å². The number of aryl methyl sites for hydroxylation is 2. The molecule has 2 rings (SSSR count). The number of benzene rings is 1. The zero-order valence-electron chi connectivity index (χ0n) is 11.9. The van der Waals surface area contributed by atoms with Crippen molar-refractivity contribution in [3.05, 3.63) is 34.7 Å². The molecule has 0 radical (unpaired) electrons. The van der Waals surface area contributed by atoms with E-state index in [-0.39, 0.29) is 6.04 Å². The number of anilines is 1. The number of thiazole rings is 1. The summed E-state index contributed by atoms with van der Waals surface area (Å²) in [5.74, 6) is 0. The van der Waals surface area contributed by atoms with Gasteiger partial charge in [0.2, 0.25) is 0 Å². The van der Waals surface area contributed by atoms with E-state index in [9.17, 15) is 0 Å². The largest absolute Gasteiger partial charge is 0.383 e. The van der Waals surface area contributed by atoms with E-state index in [0.29, 0.717) is 6.61 Å². The number of hydrogen-bond donors (Lipinski definition) is 1. The molecule has 3 nitrogen and oxygen atoms in total. The van der Waals surface area contributed by atoms with Crippen LogP contribution in [0.15, 0.2) is 23.6 Å². The van der Waals surface area contributed by atoms with Gasteiger partial charge in [-0.15, -0.1) is 11.3 Å². The van der Waals surface area contributed by atoms with Crippen molar-refractivity contribution in [2.24, 2.45) is 0 Å². The van der Waals surface area contributed by atoms with Gasteiger partial charge in [-0.1, -0.05) is 23.8 Å². The molecule has 0 saturated heterocycles. The molecular weight excluding hydrogens is 256 g/mol. The Morgan fingerprint density at radius 2 is 2.16 bits per heavy atom. The van der Waals surface area contributed by atoms with Crippen LogP contribution in [0.2, 0.25) is 0 Å². The molecular formula is C15H20N2OS. The molecule has 0 unspecified atom stereocenters. The van der Waals surface area contributed by atoms with Crippen molar-refractivity contribution in [3.63, 3.8) is 0 Å². The van der Waals surface area contributed by atoms with E-state index >= 15 is 0 Å². The molecule has 2 aromatic rings. The van der Waals surface area contributed by atoms with Crippen LogP contribution >= 0.6 is 11.3 Å². The first-order chi connectivity index (χ1) is 9.10. The highest BCUT2D eigenvalue weighted by Crippen LogP contribution is 2.28. The molecule has 1 aromatic carbocycles. The normalized spacial score (nSPS) is 12.4. The maximum Gasteiger partial charge on any atom is 0.183 e. The highest BCUT2D eigenvalue weighted by molar-refractivity contribution is 7.14. The quantitative estimate of drug-likeness (QED) is 0.900. The molecule has 0 spiro atoms. The van der Waals surface area contributed by atoms with E-state index in [1.807, 2.05) is 0 Å². The lowest BCUT2D eigenvalue weighted by Crippen LogP contribution is -2.20. The summed E-state index contributed by atoms with van der Waals surface area (Å²) in [5.41, 5.74) is 4.79. The van der Waals surface area contributed by atoms with Crippen molar-refractivity contribution in [1.82, 2.24) is 4.98 Å². The van der Waals surface area contributed by atoms with Crippen molar-refractivity contribution in [3.8, 4) is 11.3 Å². The Balaban J connectivity index is 2.16. The maximum absolute atomic E-state index is 5.11. The van der Waals surface area contributed by atoms with Gasteiger partial charge in [-0.3, -0.25) is 0 Å². The van der Waals surface area contributed by atoms with E-state index in [1.54, 1.807) is 18.4 Å². The zero-order chi connectivity index (χ0) is 13.8. The molecule has 1 N–H and O–H groups in total. The first-order valence-electron chi connectivity index (χ1n) is 6.38. The van der Waals surface area contributed by atoms with Gasteiger partial charge in [-0.25, -0.2) is 4.98 Å². The Bertz CT molecular complexity index is 551. The number of nitrogens with one attached hydrogen (secondary N) is 1. The average Bonchev–Trinajstić information content (AvgIpc) is 2.77. The number of hydrogen-bond acceptors (Lipinski definition) is 4. The summed E-state index contributed by atoms with van der Waals surface area (Å²) in [7, 11) is 1.71. The van der Waals surface area contributed by atoms with Crippen LogP contribution in [0.25, 0.3) is 11.3 Å². The topological polar surface area (TPSA) is 34.1 Å². The van der Waals surface area contributed by atoms with Gasteiger partial charge in [-0.2, -0.15) is 0 Å². The first-order valence-corrected chi connectivity index (χ1v) is 7.26. The van der Waals surface area contributed by atoms with Gasteiger partial charge in [0.05, 0.1) is 12.3 Å². The van der Waals surface area contributed by atoms with Crippen LogP contribution in [0.3, 0.4) is 0 Å². The fourth-order valence-electron chi connectivity index (χ4n) is 2.07. The number of aromatic nitrogens is 1. The fraction of sp³-hybridized carbons (Fsp3) is 0.400. The Morgan fingerprint density at radius 3 is 2.84 bits per heavy atom. The summed E-state index contributed by atoms with van der Waals surface area (Å²) >= 11 is 1.63. The first kappa shape index (κ1) is 14.0. The summed E-state index contributed by atoms with van der Waals surface area (Å²) in [6, 6.07) is 6.72. The molecule has 0 aliphatic heterocycles. The predicted molar refractivity (Wildman–Crippen MR) is 82.0 cm³/mol. The van der Waals surface area contributed by atoms with E-state index in [2.05, 4.69) is 54.7 Å². The second-order valence-electron chi connectivity index (χ2n) is 4.86. The Labute approximate surface area is 118 Å². The van der Waals surface area contributed by atoms with Crippen LogP contribution in [0, 0.1) is 13.8 Å². The lowest BCUT2D eigenvalue weighted by atomic mass is 10.0. The molecule has 0 aliphatic carbocycles. The van der Waals surface area contributed by atoms with Crippen molar-refractivity contribution in [1.29, 1.82) is 0 Å². The molecule has 19 heavy (non-hydrogen) atoms. The monoisotopic (exact) mass is 276 g/mol. The SMILES string of the molecule is COC[C@H](C)Nc1nc(-c2ccc(C)cc2C)cs1. The molecule has 4 heteroatoms. The molecule has 0 fully saturated rings. The fourth-order valence-corrected chi connectivity index (χ4v) is 2.89. The maximum atomic E-state index is 5.11. The second-order valence-corrected chi connectivity index (χ2v) is 5.72. The summed E-state index contributed by atoms with van der Waals surface area (Å²) in [5, 5.41) is 6.39. The molecule has 102 valence electrons. The van der Waals surface area contributed by atoms with Gasteiger partial charge in [0, 0.05) is 24.1 Å². The predicted octanol–water partition coefficient (Wildman–Crippen LogP) is 3.87. The summed E-state index contributed by atoms with van der Waals surface area (Å²) in [6.45, 7) is 7.00. The minimum Gasteiger partial charge on any atom is -0.383 e. The van der Waals surface area contributed by atoms with Crippen LogP contribution in [0.1, 0.15) is 18.1 Å². The highest BCUT2D eigenvalue weighted by atomic mass is 32.1. The van der Waals surface area contributed by atoms with Crippen LogP contribution in [0.5, 0.6) is 0 Å². The Kier molecular flexibility index (Phi) is 4.56. The zero-order valence-corrected chi connectivity index (χ0v) is 12.7. The number of nitrogens with zero attached hydrogens (tertiary/aromatic N) is 1. The lowest BCUT2D eigenvalue weighted by Gasteiger charge is -2.10. The molecule has 0 amide bonds. The lowest BCUT2D eigenvalue weighted by molar-refractivity contribution is 0.190. The van der Waals surface area contributed by atoms with Crippen LogP contribution < -0.4 is 5.32 Å². The standard InChI is InChI=1S/C15H20N2OS/c1-10-5-6-13(11(2)7-10)14-9-19-15(17-14)16-12(3)8-18-4/h5-7,9,12H,8H2,1-4H3,(H,16,17)/t12-/m0/s1. The minimum absolute atomic E-state index is 0.267. The van der Waals surface area contributed by atoms with Gasteiger partial charge in [0.1, 0.15) is 0 Å². The summed E-state index contributed by atoms with van der Waals surface area (Å²) < 4.78 is 5.11. The van der Waals surface area contributed by atoms with E-state index in [0.717, 1.165) is 10.8 Å². The van der Waals surface area contributed by atoms with E-state index in [1.165, 1.54) is 16.7 Å². The summed E-state index contributed by atoms with van der Waals surface area (Å²) in [4.78, 5) is 4.65. The molecule has 1 aromatic heterocycles. The molecule has 0 aliphatic rings. The third-order valence-corrected chi connectivity index (χ3v) is 3.72. The van der Waals surface area contributed by atoms with Crippen molar-refractivity contribution in [2.45, 2.75) is 26.8 Å². The third-order valence-electron chi connectivity index (χ3n) is 2.95. The third kappa shape index (κ3) is 3.55. The number of methoxy groups -OCH3 is 1. The van der Waals surface area contributed by atoms with Crippen molar-refractivity contribution >= 4 is 16.5 Å². The highest BCUT2D eigenvalue weighted by Gasteiger charge is 2.09. The number of rotatable bonds is 5. The van der Waals surface area contributed by atoms with Gasteiger partial charge in [0.25, 0.3) is 0 Å². The molecule has 0 saturated carbocycles. The minimum atomic E-state index is 0.267. The van der Waals surface area contributed by atoms with E-state index in [4.69, 9.17) is 4.74 Å². The van der Waals surface area contributed by atoms with Gasteiger partial charge < -0.3 is 10.1 Å². The van der Waals surface area contributed by atoms with Crippen LogP contribution in [-0.4, -0.2) is 24.7 Å². The van der Waals surface area contributed by atoms with Crippen LogP contribution in [-0.2, 0) is 4.74 Å². The Hall–Kier alpha value is -1.39. The van der Waals surface area contributed by atoms with Crippen molar-refractivity contribution in [2.75, 3.05) is 19.0 Å². The average molecular weight is 276 g/mol. The van der Waals surface area contributed by atoms with Gasteiger partial charge in [0.15, 0.2) is 5.13 Å². The van der Waals surface area contributed by atoms with Gasteiger partial charge in [-0.05, 0) is 26.3 Å². The summed E-state index contributed by atoms with van der Waals surface area (Å²) in [6.07, 6.45) is 0. The molecule has 1 heterocycles. The van der Waals surface area contributed by atoms with E-state index < -0.39 is 0 Å².